The molecule has 10 nitrogen and oxygen atoms in total. The third-order valence-electron chi connectivity index (χ3n) is 4.04. The normalized spacial score (nSPS) is 10.8. The number of aromatic nitrogens is 2. The number of esters is 1. The highest BCUT2D eigenvalue weighted by Gasteiger charge is 2.20. The number of anilines is 1. The molecule has 0 unspecified atom stereocenters. The average molecular weight is 372 g/mol. The van der Waals surface area contributed by atoms with E-state index in [1.807, 2.05) is 6.92 Å². The van der Waals surface area contributed by atoms with Gasteiger partial charge in [-0.05, 0) is 26.0 Å². The second-order valence-electron chi connectivity index (χ2n) is 5.71. The van der Waals surface area contributed by atoms with Crippen LogP contribution >= 0.6 is 0 Å². The number of rotatable bonds is 5. The summed E-state index contributed by atoms with van der Waals surface area (Å²) in [6.07, 6.45) is 0. The Labute approximate surface area is 153 Å². The number of benzene rings is 1. The van der Waals surface area contributed by atoms with Crippen molar-refractivity contribution in [2.24, 2.45) is 0 Å². The minimum absolute atomic E-state index is 0.0401. The van der Waals surface area contributed by atoms with Crippen LogP contribution in [0.5, 0.6) is 5.75 Å². The zero-order valence-corrected chi connectivity index (χ0v) is 14.8. The number of hydrogen-bond donors (Lipinski definition) is 1. The van der Waals surface area contributed by atoms with Gasteiger partial charge in [0.05, 0.1) is 23.0 Å². The molecule has 0 saturated carbocycles. The lowest BCUT2D eigenvalue weighted by molar-refractivity contribution is -0.386. The van der Waals surface area contributed by atoms with Crippen molar-refractivity contribution in [3.63, 3.8) is 0 Å². The molecule has 0 amide bonds. The van der Waals surface area contributed by atoms with E-state index in [9.17, 15) is 14.9 Å². The first-order chi connectivity index (χ1) is 12.8. The molecule has 27 heavy (non-hydrogen) atoms. The van der Waals surface area contributed by atoms with Gasteiger partial charge < -0.3 is 19.6 Å². The van der Waals surface area contributed by atoms with Gasteiger partial charge in [-0.15, -0.1) is 0 Å². The Bertz CT molecular complexity index is 1060. The van der Waals surface area contributed by atoms with E-state index < -0.39 is 10.9 Å². The van der Waals surface area contributed by atoms with E-state index >= 15 is 0 Å². The van der Waals surface area contributed by atoms with E-state index in [2.05, 4.69) is 14.7 Å². The van der Waals surface area contributed by atoms with Gasteiger partial charge >= 0.3 is 11.7 Å². The minimum Gasteiger partial charge on any atom is -0.479 e. The zero-order valence-electron chi connectivity index (χ0n) is 14.8. The predicted molar refractivity (Wildman–Crippen MR) is 94.5 cm³/mol. The molecule has 140 valence electrons. The van der Waals surface area contributed by atoms with Crippen LogP contribution in [0.2, 0.25) is 0 Å². The molecular weight excluding hydrogens is 356 g/mol. The van der Waals surface area contributed by atoms with Gasteiger partial charge in [0.25, 0.3) is 0 Å². The third kappa shape index (κ3) is 3.36. The van der Waals surface area contributed by atoms with E-state index in [0.29, 0.717) is 16.9 Å². The van der Waals surface area contributed by atoms with Crippen molar-refractivity contribution in [3.05, 3.63) is 51.0 Å². The number of ether oxygens (including phenoxy) is 2. The van der Waals surface area contributed by atoms with Gasteiger partial charge in [-0.1, -0.05) is 0 Å². The highest BCUT2D eigenvalue weighted by molar-refractivity contribution is 5.90. The van der Waals surface area contributed by atoms with Crippen LogP contribution in [0.1, 0.15) is 27.5 Å². The van der Waals surface area contributed by atoms with Crippen LogP contribution in [0.3, 0.4) is 0 Å². The smallest absolute Gasteiger partial charge is 0.338 e. The fraction of sp³-hybridized carbons (Fsp3) is 0.235. The van der Waals surface area contributed by atoms with Crippen molar-refractivity contribution in [1.82, 2.24) is 9.97 Å². The zero-order chi connectivity index (χ0) is 19.7. The molecule has 1 aromatic carbocycles. The maximum Gasteiger partial charge on any atom is 0.338 e. The van der Waals surface area contributed by atoms with Gasteiger partial charge in [0.1, 0.15) is 18.2 Å². The second-order valence-corrected chi connectivity index (χ2v) is 5.71. The lowest BCUT2D eigenvalue weighted by atomic mass is 10.2. The lowest BCUT2D eigenvalue weighted by Gasteiger charge is -2.08. The Morgan fingerprint density at radius 1 is 1.33 bits per heavy atom. The Kier molecular flexibility index (Phi) is 4.63. The number of carbonyl (C=O) groups excluding carboxylic acids is 1. The molecule has 10 heteroatoms. The molecule has 3 aromatic rings. The first-order valence-corrected chi connectivity index (χ1v) is 7.83. The topological polar surface area (TPSA) is 144 Å². The summed E-state index contributed by atoms with van der Waals surface area (Å²) in [4.78, 5) is 30.6. The number of hydrogen-bond acceptors (Lipinski definition) is 9. The quantitative estimate of drug-likeness (QED) is 0.406. The SMILES string of the molecule is COC(=O)c1ccc(OCc2nc(N)c3c(C)c(C)oc3n2)c([N+](=O)[O-])c1. The van der Waals surface area contributed by atoms with Crippen molar-refractivity contribution in [3.8, 4) is 5.75 Å². The van der Waals surface area contributed by atoms with Crippen LogP contribution in [0.15, 0.2) is 22.6 Å². The standard InChI is InChI=1S/C17H16N4O6/c1-8-9(2)27-16-14(8)15(18)19-13(20-16)7-26-12-5-4-10(17(22)25-3)6-11(12)21(23)24/h4-6H,7H2,1-3H3,(H2,18,19,20). The molecule has 2 aromatic heterocycles. The molecular formula is C17H16N4O6. The minimum atomic E-state index is -0.685. The number of carbonyl (C=O) groups is 1. The van der Waals surface area contributed by atoms with Crippen LogP contribution in [-0.4, -0.2) is 28.0 Å². The number of aryl methyl sites for hydroxylation is 2. The highest BCUT2D eigenvalue weighted by atomic mass is 16.6. The first kappa shape index (κ1) is 18.1. The van der Waals surface area contributed by atoms with Crippen molar-refractivity contribution in [2.75, 3.05) is 12.8 Å². The molecule has 0 atom stereocenters. The molecule has 0 spiro atoms. The Balaban J connectivity index is 1.89. The molecule has 0 radical (unpaired) electrons. The summed E-state index contributed by atoms with van der Waals surface area (Å²) < 4.78 is 15.6. The maximum atomic E-state index is 11.5. The highest BCUT2D eigenvalue weighted by Crippen LogP contribution is 2.30. The van der Waals surface area contributed by atoms with Gasteiger partial charge in [-0.3, -0.25) is 10.1 Å². The fourth-order valence-corrected chi connectivity index (χ4v) is 2.56. The monoisotopic (exact) mass is 372 g/mol. The Hall–Kier alpha value is -3.69. The van der Waals surface area contributed by atoms with Crippen LogP contribution in [0, 0.1) is 24.0 Å². The number of nitrogens with two attached hydrogens (primary N) is 1. The van der Waals surface area contributed by atoms with Gasteiger partial charge in [-0.2, -0.15) is 4.98 Å². The fourth-order valence-electron chi connectivity index (χ4n) is 2.56. The predicted octanol–water partition coefficient (Wildman–Crippen LogP) is 2.70. The van der Waals surface area contributed by atoms with E-state index in [0.717, 1.165) is 11.6 Å². The van der Waals surface area contributed by atoms with Crippen molar-refractivity contribution in [2.45, 2.75) is 20.5 Å². The van der Waals surface area contributed by atoms with Gasteiger partial charge in [-0.25, -0.2) is 9.78 Å². The van der Waals surface area contributed by atoms with Crippen molar-refractivity contribution < 1.29 is 23.6 Å². The van der Waals surface area contributed by atoms with Gasteiger partial charge in [0.2, 0.25) is 5.71 Å². The van der Waals surface area contributed by atoms with Crippen LogP contribution in [0.4, 0.5) is 11.5 Å². The number of methoxy groups -OCH3 is 1. The van der Waals surface area contributed by atoms with E-state index in [1.54, 1.807) is 6.92 Å². The molecule has 2 heterocycles. The molecule has 0 bridgehead atoms. The van der Waals surface area contributed by atoms with Crippen LogP contribution in [0.25, 0.3) is 11.1 Å². The summed E-state index contributed by atoms with van der Waals surface area (Å²) in [5, 5.41) is 11.9. The molecule has 0 fully saturated rings. The summed E-state index contributed by atoms with van der Waals surface area (Å²) >= 11 is 0. The first-order valence-electron chi connectivity index (χ1n) is 7.83. The molecule has 3 rings (SSSR count). The summed E-state index contributed by atoms with van der Waals surface area (Å²) in [7, 11) is 1.19. The molecule has 2 N–H and O–H groups in total. The molecule has 0 saturated heterocycles. The van der Waals surface area contributed by atoms with E-state index in [4.69, 9.17) is 14.9 Å². The van der Waals surface area contributed by atoms with E-state index in [1.165, 1.54) is 19.2 Å². The van der Waals surface area contributed by atoms with Crippen molar-refractivity contribution in [1.29, 1.82) is 0 Å². The van der Waals surface area contributed by atoms with Crippen LogP contribution in [-0.2, 0) is 11.3 Å². The number of nitrogens with zero attached hydrogens (tertiary/aromatic N) is 3. The van der Waals surface area contributed by atoms with Crippen molar-refractivity contribution >= 4 is 28.6 Å². The molecule has 0 aliphatic carbocycles. The summed E-state index contributed by atoms with van der Waals surface area (Å²) in [5.41, 5.74) is 6.80. The maximum absolute atomic E-state index is 11.5. The molecule has 0 aliphatic rings. The Morgan fingerprint density at radius 2 is 2.07 bits per heavy atom. The van der Waals surface area contributed by atoms with Gasteiger partial charge in [0.15, 0.2) is 11.6 Å². The third-order valence-corrected chi connectivity index (χ3v) is 4.04. The number of nitro groups is 1. The number of nitrogen functional groups attached to an aromatic ring is 1. The molecule has 0 aliphatic heterocycles. The number of fused-ring (bicyclic) bond motifs is 1. The average Bonchev–Trinajstić information content (AvgIpc) is 2.93. The lowest BCUT2D eigenvalue weighted by Crippen LogP contribution is -2.07. The summed E-state index contributed by atoms with van der Waals surface area (Å²) in [5.74, 6) is 0.401. The summed E-state index contributed by atoms with van der Waals surface area (Å²) in [6, 6.07) is 3.76. The van der Waals surface area contributed by atoms with Gasteiger partial charge in [0, 0.05) is 11.6 Å². The van der Waals surface area contributed by atoms with Crippen LogP contribution < -0.4 is 10.5 Å². The number of nitro benzene ring substituents is 1. The largest absolute Gasteiger partial charge is 0.479 e. The Morgan fingerprint density at radius 3 is 2.74 bits per heavy atom. The number of furan rings is 1. The van der Waals surface area contributed by atoms with E-state index in [-0.39, 0.29) is 35.2 Å². The summed E-state index contributed by atoms with van der Waals surface area (Å²) in [6.45, 7) is 3.47. The second kappa shape index (κ2) is 6.90.